The highest BCUT2D eigenvalue weighted by Crippen LogP contribution is 2.36. The summed E-state index contributed by atoms with van der Waals surface area (Å²) in [5, 5.41) is 0.760. The topological polar surface area (TPSA) is 49.7 Å². The molecule has 2 aromatic carbocycles. The summed E-state index contributed by atoms with van der Waals surface area (Å²) in [4.78, 5) is 6.74. The van der Waals surface area contributed by atoms with Crippen LogP contribution in [0.4, 0.5) is 10.1 Å². The van der Waals surface area contributed by atoms with E-state index in [9.17, 15) is 12.8 Å². The number of anilines is 1. The maximum atomic E-state index is 14.2. The monoisotopic (exact) mass is 482 g/mol. The van der Waals surface area contributed by atoms with E-state index in [0.29, 0.717) is 15.8 Å². The van der Waals surface area contributed by atoms with E-state index in [2.05, 4.69) is 22.0 Å². The van der Waals surface area contributed by atoms with Crippen molar-refractivity contribution >= 4 is 48.4 Å². The Morgan fingerprint density at radius 2 is 1.96 bits per heavy atom. The molecule has 0 saturated carbocycles. The average Bonchev–Trinajstić information content (AvgIpc) is 3.08. The Kier molecular flexibility index (Phi) is 5.31. The lowest BCUT2D eigenvalue weighted by Gasteiger charge is -2.27. The van der Waals surface area contributed by atoms with Gasteiger partial charge in [0.2, 0.25) is 0 Å². The summed E-state index contributed by atoms with van der Waals surface area (Å²) in [6.45, 7) is 4.09. The normalized spacial score (nSPS) is 23.0. The number of hydrogen-bond acceptors (Lipinski definition) is 5. The van der Waals surface area contributed by atoms with E-state index in [1.807, 2.05) is 36.9 Å². The van der Waals surface area contributed by atoms with Crippen LogP contribution in [0, 0.1) is 19.7 Å². The average molecular weight is 483 g/mol. The van der Waals surface area contributed by atoms with Gasteiger partial charge in [-0.3, -0.25) is 4.99 Å². The third-order valence-corrected chi connectivity index (χ3v) is 8.46. The van der Waals surface area contributed by atoms with Gasteiger partial charge in [0.05, 0.1) is 23.6 Å². The van der Waals surface area contributed by atoms with Gasteiger partial charge in [0, 0.05) is 15.9 Å². The van der Waals surface area contributed by atoms with Crippen LogP contribution in [0.1, 0.15) is 16.7 Å². The summed E-state index contributed by atoms with van der Waals surface area (Å²) in [5.41, 5.74) is 3.86. The van der Waals surface area contributed by atoms with Crippen LogP contribution in [-0.4, -0.2) is 37.2 Å². The van der Waals surface area contributed by atoms with Crippen molar-refractivity contribution in [2.45, 2.75) is 31.7 Å². The molecule has 2 unspecified atom stereocenters. The van der Waals surface area contributed by atoms with Gasteiger partial charge in [-0.15, -0.1) is 0 Å². The summed E-state index contributed by atoms with van der Waals surface area (Å²) in [6.07, 6.45) is 0. The lowest BCUT2D eigenvalue weighted by atomic mass is 10.1. The molecule has 0 amide bonds. The SMILES string of the molecule is Cc1ccc(N2C(SCc3ccc(Br)cc3F)=NC3CS(=O)(=O)CC32)cc1C. The van der Waals surface area contributed by atoms with Crippen molar-refractivity contribution in [3.63, 3.8) is 0 Å². The molecule has 28 heavy (non-hydrogen) atoms. The molecule has 1 fully saturated rings. The van der Waals surface area contributed by atoms with E-state index in [1.54, 1.807) is 6.07 Å². The molecule has 0 radical (unpaired) electrons. The van der Waals surface area contributed by atoms with Gasteiger partial charge >= 0.3 is 0 Å². The molecule has 0 spiro atoms. The number of halogens is 2. The van der Waals surface area contributed by atoms with Crippen molar-refractivity contribution in [1.29, 1.82) is 0 Å². The van der Waals surface area contributed by atoms with Crippen LogP contribution in [-0.2, 0) is 15.6 Å². The van der Waals surface area contributed by atoms with Gasteiger partial charge in [-0.2, -0.15) is 0 Å². The molecule has 2 aliphatic heterocycles. The van der Waals surface area contributed by atoms with Crippen molar-refractivity contribution in [2.24, 2.45) is 4.99 Å². The fraction of sp³-hybridized carbons (Fsp3) is 0.350. The number of nitrogens with zero attached hydrogens (tertiary/aromatic N) is 2. The first kappa shape index (κ1) is 19.9. The minimum Gasteiger partial charge on any atom is -0.315 e. The summed E-state index contributed by atoms with van der Waals surface area (Å²) in [6, 6.07) is 10.7. The van der Waals surface area contributed by atoms with E-state index in [-0.39, 0.29) is 29.4 Å². The summed E-state index contributed by atoms with van der Waals surface area (Å²) < 4.78 is 39.2. The molecule has 0 aromatic heterocycles. The maximum Gasteiger partial charge on any atom is 0.164 e. The highest BCUT2D eigenvalue weighted by molar-refractivity contribution is 9.10. The fourth-order valence-electron chi connectivity index (χ4n) is 3.59. The molecule has 0 bridgehead atoms. The smallest absolute Gasteiger partial charge is 0.164 e. The minimum absolute atomic E-state index is 0.0791. The number of sulfone groups is 1. The molecule has 1 saturated heterocycles. The summed E-state index contributed by atoms with van der Waals surface area (Å²) in [5.74, 6) is 0.354. The van der Waals surface area contributed by atoms with Crippen LogP contribution >= 0.6 is 27.7 Å². The lowest BCUT2D eigenvalue weighted by molar-refractivity contribution is 0.601. The van der Waals surface area contributed by atoms with Gasteiger partial charge < -0.3 is 4.90 Å². The molecular weight excluding hydrogens is 463 g/mol. The Labute approximate surface area is 177 Å². The van der Waals surface area contributed by atoms with Crippen LogP contribution in [0.25, 0.3) is 0 Å². The standard InChI is InChI=1S/C20H20BrFN2O2S2/c1-12-3-6-16(7-13(12)2)24-19-11-28(25,26)10-18(19)23-20(24)27-9-14-4-5-15(21)8-17(14)22/h3-8,18-19H,9-11H2,1-2H3. The predicted molar refractivity (Wildman–Crippen MR) is 117 cm³/mol. The second-order valence-corrected chi connectivity index (χ2v) is 11.3. The molecule has 4 nitrogen and oxygen atoms in total. The number of fused-ring (bicyclic) bond motifs is 1. The van der Waals surface area contributed by atoms with E-state index < -0.39 is 9.84 Å². The van der Waals surface area contributed by atoms with Crippen LogP contribution in [0.2, 0.25) is 0 Å². The van der Waals surface area contributed by atoms with Crippen LogP contribution < -0.4 is 4.90 Å². The number of hydrogen-bond donors (Lipinski definition) is 0. The second-order valence-electron chi connectivity index (χ2n) is 7.29. The van der Waals surface area contributed by atoms with Gasteiger partial charge in [0.15, 0.2) is 15.0 Å². The summed E-state index contributed by atoms with van der Waals surface area (Å²) >= 11 is 4.73. The zero-order valence-corrected chi connectivity index (χ0v) is 18.7. The lowest BCUT2D eigenvalue weighted by Crippen LogP contribution is -2.39. The number of amidine groups is 1. The molecule has 4 rings (SSSR count). The Bertz CT molecular complexity index is 1070. The number of aliphatic imine (C=N–C) groups is 1. The first-order valence-corrected chi connectivity index (χ1v) is 12.5. The van der Waals surface area contributed by atoms with E-state index in [4.69, 9.17) is 4.99 Å². The van der Waals surface area contributed by atoms with E-state index in [1.165, 1.54) is 23.4 Å². The van der Waals surface area contributed by atoms with E-state index >= 15 is 0 Å². The first-order valence-electron chi connectivity index (χ1n) is 8.95. The Morgan fingerprint density at radius 3 is 2.68 bits per heavy atom. The zero-order chi connectivity index (χ0) is 20.1. The molecule has 8 heteroatoms. The first-order chi connectivity index (χ1) is 13.2. The molecule has 2 aromatic rings. The Balaban J connectivity index is 1.64. The third kappa shape index (κ3) is 3.86. The maximum absolute atomic E-state index is 14.2. The Hall–Kier alpha value is -1.38. The van der Waals surface area contributed by atoms with Crippen molar-refractivity contribution in [3.8, 4) is 0 Å². The largest absolute Gasteiger partial charge is 0.315 e. The van der Waals surface area contributed by atoms with Crippen LogP contribution in [0.15, 0.2) is 45.9 Å². The van der Waals surface area contributed by atoms with Crippen molar-refractivity contribution in [3.05, 3.63) is 63.4 Å². The third-order valence-electron chi connectivity index (χ3n) is 5.25. The molecule has 2 heterocycles. The number of rotatable bonds is 3. The molecule has 0 N–H and O–H groups in total. The number of benzene rings is 2. The molecule has 2 aliphatic rings. The molecule has 2 atom stereocenters. The molecule has 148 valence electrons. The Morgan fingerprint density at radius 1 is 1.18 bits per heavy atom. The highest BCUT2D eigenvalue weighted by atomic mass is 79.9. The second kappa shape index (κ2) is 7.46. The zero-order valence-electron chi connectivity index (χ0n) is 15.5. The van der Waals surface area contributed by atoms with Gasteiger partial charge in [0.25, 0.3) is 0 Å². The minimum atomic E-state index is -3.09. The van der Waals surface area contributed by atoms with Crippen molar-refractivity contribution in [2.75, 3.05) is 16.4 Å². The van der Waals surface area contributed by atoms with Crippen LogP contribution in [0.3, 0.4) is 0 Å². The predicted octanol–water partition coefficient (Wildman–Crippen LogP) is 4.48. The van der Waals surface area contributed by atoms with Gasteiger partial charge in [-0.1, -0.05) is 39.8 Å². The molecule has 0 aliphatic carbocycles. The van der Waals surface area contributed by atoms with Gasteiger partial charge in [-0.05, 0) is 54.8 Å². The quantitative estimate of drug-likeness (QED) is 0.646. The van der Waals surface area contributed by atoms with Gasteiger partial charge in [0.1, 0.15) is 5.82 Å². The van der Waals surface area contributed by atoms with Crippen molar-refractivity contribution < 1.29 is 12.8 Å². The van der Waals surface area contributed by atoms with Crippen molar-refractivity contribution in [1.82, 2.24) is 0 Å². The number of aryl methyl sites for hydroxylation is 2. The fourth-order valence-corrected chi connectivity index (χ4v) is 6.88. The van der Waals surface area contributed by atoms with E-state index in [0.717, 1.165) is 16.4 Å². The summed E-state index contributed by atoms with van der Waals surface area (Å²) in [7, 11) is -3.09. The highest BCUT2D eigenvalue weighted by Gasteiger charge is 2.47. The number of thioether (sulfide) groups is 1. The van der Waals surface area contributed by atoms with Crippen LogP contribution in [0.5, 0.6) is 0 Å². The van der Waals surface area contributed by atoms with Gasteiger partial charge in [-0.25, -0.2) is 12.8 Å². The molecular formula is C20H20BrFN2O2S2.